The highest BCUT2D eigenvalue weighted by Gasteiger charge is 2.23. The highest BCUT2D eigenvalue weighted by atomic mass is 32.1. The molecule has 0 bridgehead atoms. The minimum Gasteiger partial charge on any atom is -0.497 e. The van der Waals surface area contributed by atoms with E-state index in [1.165, 1.54) is 18.4 Å². The van der Waals surface area contributed by atoms with Crippen molar-refractivity contribution >= 4 is 34.2 Å². The van der Waals surface area contributed by atoms with Crippen LogP contribution in [-0.4, -0.2) is 49.2 Å². The summed E-state index contributed by atoms with van der Waals surface area (Å²) < 4.78 is 9.73. The number of hydrogen-bond donors (Lipinski definition) is 2. The molecule has 0 fully saturated rings. The molecule has 1 aromatic heterocycles. The Hall–Kier alpha value is -2.65. The van der Waals surface area contributed by atoms with Gasteiger partial charge in [0.15, 0.2) is 5.13 Å². The van der Waals surface area contributed by atoms with Gasteiger partial charge in [-0.05, 0) is 12.1 Å². The van der Waals surface area contributed by atoms with E-state index in [0.717, 1.165) is 23.5 Å². The quantitative estimate of drug-likeness (QED) is 0.832. The van der Waals surface area contributed by atoms with Crippen LogP contribution in [0.3, 0.4) is 0 Å². The van der Waals surface area contributed by atoms with Crippen molar-refractivity contribution in [1.82, 2.24) is 9.88 Å². The lowest BCUT2D eigenvalue weighted by atomic mass is 10.2. The van der Waals surface area contributed by atoms with Crippen LogP contribution in [-0.2, 0) is 22.5 Å². The van der Waals surface area contributed by atoms with Crippen molar-refractivity contribution in [3.05, 3.63) is 34.8 Å². The summed E-state index contributed by atoms with van der Waals surface area (Å²) in [7, 11) is 2.90. The molecular formula is C17H20N4O4S. The molecule has 9 heteroatoms. The van der Waals surface area contributed by atoms with E-state index in [4.69, 9.17) is 4.74 Å². The van der Waals surface area contributed by atoms with Gasteiger partial charge in [0.25, 0.3) is 0 Å². The molecule has 2 N–H and O–H groups in total. The van der Waals surface area contributed by atoms with E-state index < -0.39 is 6.09 Å². The number of fused-ring (bicyclic) bond motifs is 1. The number of methoxy groups -OCH3 is 2. The zero-order valence-corrected chi connectivity index (χ0v) is 15.4. The summed E-state index contributed by atoms with van der Waals surface area (Å²) in [6.45, 7) is 1.65. The Bertz CT molecular complexity index is 808. The van der Waals surface area contributed by atoms with Crippen LogP contribution in [0.25, 0.3) is 0 Å². The molecule has 0 spiro atoms. The maximum absolute atomic E-state index is 12.3. The minimum atomic E-state index is -0.536. The Labute approximate surface area is 155 Å². The largest absolute Gasteiger partial charge is 0.497 e. The molecule has 0 radical (unpaired) electrons. The number of amides is 2. The van der Waals surface area contributed by atoms with Gasteiger partial charge in [0.2, 0.25) is 5.91 Å². The van der Waals surface area contributed by atoms with E-state index in [1.54, 1.807) is 13.2 Å². The van der Waals surface area contributed by atoms with Gasteiger partial charge in [-0.25, -0.2) is 9.78 Å². The summed E-state index contributed by atoms with van der Waals surface area (Å²) in [6.07, 6.45) is 0.201. The first-order chi connectivity index (χ1) is 12.6. The Balaban J connectivity index is 1.56. The Morgan fingerprint density at radius 3 is 2.92 bits per heavy atom. The van der Waals surface area contributed by atoms with Crippen LogP contribution in [0.1, 0.15) is 10.6 Å². The normalized spacial score (nSPS) is 13.6. The molecule has 138 valence electrons. The number of nitrogens with zero attached hydrogens (tertiary/aromatic N) is 2. The number of benzene rings is 1. The third-order valence-corrected chi connectivity index (χ3v) is 4.92. The third kappa shape index (κ3) is 4.50. The van der Waals surface area contributed by atoms with Gasteiger partial charge >= 0.3 is 6.09 Å². The van der Waals surface area contributed by atoms with Crippen molar-refractivity contribution in [2.45, 2.75) is 13.0 Å². The molecule has 26 heavy (non-hydrogen) atoms. The molecule has 0 aliphatic carbocycles. The van der Waals surface area contributed by atoms with E-state index in [1.807, 2.05) is 18.2 Å². The van der Waals surface area contributed by atoms with Gasteiger partial charge in [-0.15, -0.1) is 0 Å². The lowest BCUT2D eigenvalue weighted by Crippen LogP contribution is -2.36. The number of hydrogen-bond acceptors (Lipinski definition) is 7. The first-order valence-electron chi connectivity index (χ1n) is 8.07. The molecular weight excluding hydrogens is 356 g/mol. The maximum Gasteiger partial charge on any atom is 0.413 e. The molecule has 2 aromatic rings. The van der Waals surface area contributed by atoms with Crippen LogP contribution >= 0.6 is 11.3 Å². The van der Waals surface area contributed by atoms with Gasteiger partial charge in [0.1, 0.15) is 5.75 Å². The summed E-state index contributed by atoms with van der Waals surface area (Å²) in [4.78, 5) is 31.1. The van der Waals surface area contributed by atoms with Crippen LogP contribution in [0.5, 0.6) is 5.75 Å². The van der Waals surface area contributed by atoms with Crippen molar-refractivity contribution in [3.63, 3.8) is 0 Å². The molecule has 0 saturated heterocycles. The van der Waals surface area contributed by atoms with Crippen LogP contribution in [0.15, 0.2) is 24.3 Å². The third-order valence-electron chi connectivity index (χ3n) is 3.93. The van der Waals surface area contributed by atoms with Crippen LogP contribution in [0, 0.1) is 0 Å². The van der Waals surface area contributed by atoms with E-state index in [2.05, 4.69) is 25.3 Å². The first kappa shape index (κ1) is 18.2. The summed E-state index contributed by atoms with van der Waals surface area (Å²) in [5.74, 6) is 0.611. The first-order valence-corrected chi connectivity index (χ1v) is 8.89. The van der Waals surface area contributed by atoms with Crippen molar-refractivity contribution in [3.8, 4) is 5.75 Å². The lowest BCUT2D eigenvalue weighted by molar-refractivity contribution is -0.117. The van der Waals surface area contributed by atoms with E-state index in [9.17, 15) is 9.59 Å². The second kappa shape index (κ2) is 8.15. The molecule has 0 saturated carbocycles. The number of carbonyl (C=O) groups is 2. The van der Waals surface area contributed by atoms with Crippen LogP contribution < -0.4 is 15.4 Å². The molecule has 0 unspecified atom stereocenters. The number of anilines is 2. The zero-order valence-electron chi connectivity index (χ0n) is 14.6. The number of carbonyl (C=O) groups excluding carboxylic acids is 2. The van der Waals surface area contributed by atoms with Crippen LogP contribution in [0.2, 0.25) is 0 Å². The van der Waals surface area contributed by atoms with Crippen molar-refractivity contribution in [2.75, 3.05) is 37.9 Å². The number of thiazole rings is 1. The van der Waals surface area contributed by atoms with Crippen molar-refractivity contribution in [1.29, 1.82) is 0 Å². The van der Waals surface area contributed by atoms with Gasteiger partial charge in [-0.2, -0.15) is 0 Å². The fourth-order valence-electron chi connectivity index (χ4n) is 2.68. The van der Waals surface area contributed by atoms with Gasteiger partial charge in [-0.3, -0.25) is 15.0 Å². The summed E-state index contributed by atoms with van der Waals surface area (Å²) in [5.41, 5.74) is 1.67. The highest BCUT2D eigenvalue weighted by Crippen LogP contribution is 2.28. The SMILES string of the molecule is COC(=O)Nc1nc2c(s1)CN(CC(=O)Nc1cccc(OC)c1)CC2. The lowest BCUT2D eigenvalue weighted by Gasteiger charge is -2.25. The minimum absolute atomic E-state index is 0.0841. The molecule has 1 aliphatic heterocycles. The average molecular weight is 376 g/mol. The fraction of sp³-hybridized carbons (Fsp3) is 0.353. The van der Waals surface area contributed by atoms with Gasteiger partial charge < -0.3 is 14.8 Å². The number of ether oxygens (including phenoxy) is 2. The maximum atomic E-state index is 12.3. The summed E-state index contributed by atoms with van der Waals surface area (Å²) in [6, 6.07) is 7.25. The molecule has 2 amide bonds. The molecule has 3 rings (SSSR count). The van der Waals surface area contributed by atoms with Crippen molar-refractivity contribution in [2.24, 2.45) is 0 Å². The predicted octanol–water partition coefficient (Wildman–Crippen LogP) is 2.33. The topological polar surface area (TPSA) is 92.8 Å². The van der Waals surface area contributed by atoms with Crippen LogP contribution in [0.4, 0.5) is 15.6 Å². The molecule has 0 atom stereocenters. The molecule has 1 aromatic carbocycles. The summed E-state index contributed by atoms with van der Waals surface area (Å²) >= 11 is 1.41. The zero-order chi connectivity index (χ0) is 18.5. The standard InChI is InChI=1S/C17H20N4O4S/c1-24-12-5-3-4-11(8-12)18-15(22)10-21-7-6-13-14(9-21)26-16(19-13)20-17(23)25-2/h3-5,8H,6-7,9-10H2,1-2H3,(H,18,22)(H,19,20,23). The van der Waals surface area contributed by atoms with E-state index in [-0.39, 0.29) is 12.5 Å². The second-order valence-electron chi connectivity index (χ2n) is 5.75. The molecule has 8 nitrogen and oxygen atoms in total. The Morgan fingerprint density at radius 1 is 1.31 bits per heavy atom. The van der Waals surface area contributed by atoms with Gasteiger partial charge in [0, 0.05) is 36.1 Å². The number of rotatable bonds is 5. The smallest absolute Gasteiger partial charge is 0.413 e. The predicted molar refractivity (Wildman–Crippen MR) is 98.7 cm³/mol. The highest BCUT2D eigenvalue weighted by molar-refractivity contribution is 7.15. The molecule has 2 heterocycles. The van der Waals surface area contributed by atoms with Gasteiger partial charge in [0.05, 0.1) is 26.5 Å². The van der Waals surface area contributed by atoms with E-state index in [0.29, 0.717) is 23.1 Å². The second-order valence-corrected chi connectivity index (χ2v) is 6.83. The molecule has 1 aliphatic rings. The number of aromatic nitrogens is 1. The van der Waals surface area contributed by atoms with E-state index >= 15 is 0 Å². The van der Waals surface area contributed by atoms with Crippen molar-refractivity contribution < 1.29 is 19.1 Å². The van der Waals surface area contributed by atoms with Gasteiger partial charge in [-0.1, -0.05) is 17.4 Å². The fourth-order valence-corrected chi connectivity index (χ4v) is 3.72. The average Bonchev–Trinajstić information content (AvgIpc) is 3.03. The monoisotopic (exact) mass is 376 g/mol. The summed E-state index contributed by atoms with van der Waals surface area (Å²) in [5, 5.41) is 5.98. The number of nitrogens with one attached hydrogen (secondary N) is 2. The Kier molecular flexibility index (Phi) is 5.69. The Morgan fingerprint density at radius 2 is 2.15 bits per heavy atom.